The Morgan fingerprint density at radius 2 is 1.00 bits per heavy atom. The van der Waals surface area contributed by atoms with Gasteiger partial charge in [0.1, 0.15) is 11.6 Å². The molecule has 57 heavy (non-hydrogen) atoms. The Morgan fingerprint density at radius 1 is 0.561 bits per heavy atom. The Bertz CT molecular complexity index is 3220. The zero-order chi connectivity index (χ0) is 39.9. The van der Waals surface area contributed by atoms with E-state index in [-0.39, 0.29) is 28.3 Å². The Kier molecular flexibility index (Phi) is 7.64. The molecule has 0 radical (unpaired) electrons. The van der Waals surface area contributed by atoms with Crippen molar-refractivity contribution < 1.29 is 22.0 Å². The Labute approximate surface area is 321 Å². The highest BCUT2D eigenvalue weighted by molar-refractivity contribution is 6.10. The molecule has 9 rings (SSSR count). The average Bonchev–Trinajstić information content (AvgIpc) is 3.67. The molecule has 268 valence electrons. The summed E-state index contributed by atoms with van der Waals surface area (Å²) >= 11 is 0. The van der Waals surface area contributed by atoms with E-state index in [9.17, 15) is 32.5 Å². The molecule has 5 aromatic carbocycles. The maximum Gasteiger partial charge on any atom is 0.419 e. The molecule has 0 N–H and O–H groups in total. The van der Waals surface area contributed by atoms with Crippen molar-refractivity contribution in [2.45, 2.75) is 13.1 Å². The van der Waals surface area contributed by atoms with Crippen LogP contribution in [0.15, 0.2) is 108 Å². The number of allylic oxidation sites excluding steroid dienone is 2. The van der Waals surface area contributed by atoms with Gasteiger partial charge in [-0.1, -0.05) is 42.5 Å². The molecule has 0 saturated carbocycles. The van der Waals surface area contributed by atoms with Crippen LogP contribution in [0.5, 0.6) is 0 Å². The first-order valence-electron chi connectivity index (χ1n) is 17.2. The third-order valence-corrected chi connectivity index (χ3v) is 10.4. The van der Waals surface area contributed by atoms with Crippen molar-refractivity contribution >= 4 is 33.0 Å². The van der Waals surface area contributed by atoms with Gasteiger partial charge in [-0.2, -0.15) is 13.2 Å². The molecule has 0 aliphatic heterocycles. The smallest absolute Gasteiger partial charge is 0.248 e. The minimum absolute atomic E-state index is 0.142. The monoisotopic (exact) mass is 750 g/mol. The third-order valence-electron chi connectivity index (χ3n) is 10.4. The number of alkyl halides is 3. The summed E-state index contributed by atoms with van der Waals surface area (Å²) in [6.45, 7) is 17.3. The van der Waals surface area contributed by atoms with Gasteiger partial charge < -0.3 is 0 Å². The van der Waals surface area contributed by atoms with Gasteiger partial charge in [-0.3, -0.25) is 0 Å². The third kappa shape index (κ3) is 5.34. The van der Waals surface area contributed by atoms with E-state index in [1.807, 2.05) is 60.7 Å². The standard InChI is InChI=1S/C46H19F5N6/c1-22-4-5-25(16-36(22)47)23-6-9-29-31(12-23)42(40(20-52)54-2)44-33(29)14-27-18-39-28(19-38(27)56-44)15-34-30-10-7-24(26-8-11-35(37(48)17-26)46(49,50)51)13-32(30)43(45(34)57-39)41(21-53)55-3/h4-19H,1H3/b42-40+,43-41-. The topological polar surface area (TPSA) is 82.1 Å². The Balaban J connectivity index is 1.21. The van der Waals surface area contributed by atoms with Gasteiger partial charge in [-0.05, 0) is 112 Å². The molecule has 11 heteroatoms. The number of pyridine rings is 2. The maximum atomic E-state index is 14.6. The largest absolute Gasteiger partial charge is 0.419 e. The second-order valence-corrected chi connectivity index (χ2v) is 13.6. The number of aryl methyl sites for hydroxylation is 1. The molecule has 0 saturated heterocycles. The fraction of sp³-hybridized carbons (Fsp3) is 0.0435. The summed E-state index contributed by atoms with van der Waals surface area (Å²) in [5, 5.41) is 21.4. The van der Waals surface area contributed by atoms with Gasteiger partial charge in [-0.25, -0.2) is 39.0 Å². The van der Waals surface area contributed by atoms with Gasteiger partial charge in [-0.15, -0.1) is 0 Å². The molecule has 0 unspecified atom stereocenters. The van der Waals surface area contributed by atoms with Crippen molar-refractivity contribution in [3.05, 3.63) is 177 Å². The molecule has 0 bridgehead atoms. The molecular weight excluding hydrogens is 732 g/mol. The summed E-state index contributed by atoms with van der Waals surface area (Å²) in [6.07, 6.45) is -4.86. The molecule has 0 atom stereocenters. The Hall–Kier alpha value is -7.99. The highest BCUT2D eigenvalue weighted by Gasteiger charge is 2.35. The molecule has 2 aliphatic carbocycles. The zero-order valence-corrected chi connectivity index (χ0v) is 29.3. The maximum absolute atomic E-state index is 14.6. The number of halogens is 5. The fourth-order valence-corrected chi connectivity index (χ4v) is 7.67. The lowest BCUT2D eigenvalue weighted by atomic mass is 9.96. The number of benzene rings is 5. The summed E-state index contributed by atoms with van der Waals surface area (Å²) in [4.78, 5) is 16.9. The van der Waals surface area contributed by atoms with Gasteiger partial charge in [0.15, 0.2) is 0 Å². The zero-order valence-electron chi connectivity index (χ0n) is 29.3. The number of hydrogen-bond acceptors (Lipinski definition) is 4. The van der Waals surface area contributed by atoms with E-state index in [0.717, 1.165) is 11.6 Å². The van der Waals surface area contributed by atoms with Crippen LogP contribution in [0.4, 0.5) is 22.0 Å². The van der Waals surface area contributed by atoms with Crippen LogP contribution in [0.25, 0.3) is 87.1 Å². The van der Waals surface area contributed by atoms with Crippen LogP contribution >= 0.6 is 0 Å². The van der Waals surface area contributed by atoms with Gasteiger partial charge in [0.2, 0.25) is 0 Å². The van der Waals surface area contributed by atoms with Crippen LogP contribution in [0.2, 0.25) is 0 Å². The average molecular weight is 751 g/mol. The van der Waals surface area contributed by atoms with Crippen molar-refractivity contribution in [3.63, 3.8) is 0 Å². The first kappa shape index (κ1) is 34.8. The SMILES string of the molecule is [C-]#[N+]/C(C#N)=C1/c2cc(-c3ccc(C(F)(F)F)c(F)c3)ccc2-c2cc3cc4nc5c(cc4cc3nc21)-c1ccc(-c2ccc(C)c(F)c2)cc1/C5=C(/C#N)[N+]#[C-]. The number of hydrogen-bond donors (Lipinski definition) is 0. The number of nitrogens with zero attached hydrogens (tertiary/aromatic N) is 6. The van der Waals surface area contributed by atoms with E-state index < -0.39 is 17.6 Å². The lowest BCUT2D eigenvalue weighted by molar-refractivity contribution is -0.139. The van der Waals surface area contributed by atoms with Crippen LogP contribution in [0.1, 0.15) is 33.6 Å². The summed E-state index contributed by atoms with van der Waals surface area (Å²) in [7, 11) is 0. The molecular formula is C46H19F5N6. The van der Waals surface area contributed by atoms with E-state index in [4.69, 9.17) is 23.1 Å². The number of nitriles is 2. The van der Waals surface area contributed by atoms with Crippen LogP contribution in [0.3, 0.4) is 0 Å². The summed E-state index contributed by atoms with van der Waals surface area (Å²) in [5.74, 6) is -1.78. The van der Waals surface area contributed by atoms with Crippen molar-refractivity contribution in [1.82, 2.24) is 9.97 Å². The quantitative estimate of drug-likeness (QED) is 0.0762. The molecule has 0 amide bonds. The number of aromatic nitrogens is 2. The molecule has 7 aromatic rings. The fourth-order valence-electron chi connectivity index (χ4n) is 7.67. The second-order valence-electron chi connectivity index (χ2n) is 13.6. The highest BCUT2D eigenvalue weighted by atomic mass is 19.4. The van der Waals surface area contributed by atoms with Gasteiger partial charge in [0.05, 0.1) is 53.3 Å². The predicted octanol–water partition coefficient (Wildman–Crippen LogP) is 12.1. The predicted molar refractivity (Wildman–Crippen MR) is 205 cm³/mol. The highest BCUT2D eigenvalue weighted by Crippen LogP contribution is 2.50. The van der Waals surface area contributed by atoms with Gasteiger partial charge >= 0.3 is 6.18 Å². The minimum Gasteiger partial charge on any atom is -0.248 e. The van der Waals surface area contributed by atoms with Crippen molar-refractivity contribution in [2.75, 3.05) is 0 Å². The lowest BCUT2D eigenvalue weighted by Crippen LogP contribution is -2.07. The molecule has 2 aliphatic rings. The Morgan fingerprint density at radius 3 is 1.42 bits per heavy atom. The van der Waals surface area contributed by atoms with Gasteiger partial charge in [0, 0.05) is 33.0 Å². The van der Waals surface area contributed by atoms with Crippen LogP contribution in [-0.2, 0) is 6.18 Å². The van der Waals surface area contributed by atoms with E-state index in [1.54, 1.807) is 31.2 Å². The second kappa shape index (κ2) is 12.5. The first-order chi connectivity index (χ1) is 27.4. The molecule has 0 spiro atoms. The first-order valence-corrected chi connectivity index (χ1v) is 17.2. The molecule has 6 nitrogen and oxygen atoms in total. The number of rotatable bonds is 2. The summed E-state index contributed by atoms with van der Waals surface area (Å²) in [5.41, 5.74) is 6.83. The normalized spacial score (nSPS) is 14.1. The van der Waals surface area contributed by atoms with Crippen molar-refractivity contribution in [2.24, 2.45) is 0 Å². The lowest BCUT2D eigenvalue weighted by Gasteiger charge is -2.11. The molecule has 2 heterocycles. The van der Waals surface area contributed by atoms with Crippen LogP contribution < -0.4 is 0 Å². The van der Waals surface area contributed by atoms with Crippen molar-refractivity contribution in [3.8, 4) is 56.6 Å². The summed E-state index contributed by atoms with van der Waals surface area (Å²) < 4.78 is 69.0. The van der Waals surface area contributed by atoms with Gasteiger partial charge in [0.25, 0.3) is 11.4 Å². The van der Waals surface area contributed by atoms with Crippen LogP contribution in [-0.4, -0.2) is 9.97 Å². The van der Waals surface area contributed by atoms with E-state index >= 15 is 0 Å². The minimum atomic E-state index is -4.86. The van der Waals surface area contributed by atoms with E-state index in [1.165, 1.54) is 12.1 Å². The number of fused-ring (bicyclic) bond motifs is 8. The van der Waals surface area contributed by atoms with E-state index in [0.29, 0.717) is 94.9 Å². The van der Waals surface area contributed by atoms with Crippen molar-refractivity contribution in [1.29, 1.82) is 10.5 Å². The molecule has 2 aromatic heterocycles. The van der Waals surface area contributed by atoms with E-state index in [2.05, 4.69) is 9.69 Å². The van der Waals surface area contributed by atoms with Crippen LogP contribution in [0, 0.1) is 54.4 Å². The summed E-state index contributed by atoms with van der Waals surface area (Å²) in [6, 6.07) is 29.5. The molecule has 0 fully saturated rings.